The fourth-order valence-corrected chi connectivity index (χ4v) is 1.13. The molecule has 0 rings (SSSR count). The van der Waals surface area contributed by atoms with Crippen LogP contribution in [0.25, 0.3) is 0 Å². The van der Waals surface area contributed by atoms with Crippen LogP contribution in [0, 0.1) is 0 Å². The van der Waals surface area contributed by atoms with Crippen molar-refractivity contribution in [3.8, 4) is 0 Å². The molecule has 0 amide bonds. The van der Waals surface area contributed by atoms with Gasteiger partial charge in [0.05, 0.1) is 12.7 Å². The molecule has 74 valence electrons. The second-order valence-corrected chi connectivity index (χ2v) is 3.03. The highest BCUT2D eigenvalue weighted by Crippen LogP contribution is 1.95. The van der Waals surface area contributed by atoms with Crippen LogP contribution in [0.15, 0.2) is 0 Å². The van der Waals surface area contributed by atoms with E-state index in [1.54, 1.807) is 7.11 Å². The fraction of sp³-hybridized carbons (Fsp3) is 1.00. The zero-order valence-electron chi connectivity index (χ0n) is 8.34. The molecule has 0 bridgehead atoms. The van der Waals surface area contributed by atoms with E-state index in [2.05, 4.69) is 19.2 Å². The Morgan fingerprint density at radius 2 is 1.92 bits per heavy atom. The first-order chi connectivity index (χ1) is 5.74. The lowest BCUT2D eigenvalue weighted by atomic mass is 10.1. The largest absolute Gasteiger partial charge is 0.389 e. The van der Waals surface area contributed by atoms with E-state index >= 15 is 0 Å². The first kappa shape index (κ1) is 11.9. The molecule has 0 saturated heterocycles. The van der Waals surface area contributed by atoms with Crippen LogP contribution in [0.3, 0.4) is 0 Å². The second kappa shape index (κ2) is 7.53. The summed E-state index contributed by atoms with van der Waals surface area (Å²) in [7, 11) is 1.60. The molecule has 0 aromatic carbocycles. The molecule has 0 saturated carbocycles. The first-order valence-electron chi connectivity index (χ1n) is 4.64. The van der Waals surface area contributed by atoms with Gasteiger partial charge in [-0.1, -0.05) is 13.8 Å². The fourth-order valence-electron chi connectivity index (χ4n) is 1.13. The molecule has 3 heteroatoms. The van der Waals surface area contributed by atoms with E-state index < -0.39 is 0 Å². The lowest BCUT2D eigenvalue weighted by molar-refractivity contribution is 0.0625. The highest BCUT2D eigenvalue weighted by Gasteiger charge is 2.06. The van der Waals surface area contributed by atoms with Crippen LogP contribution in [-0.2, 0) is 4.74 Å². The molecule has 0 aromatic heterocycles. The summed E-state index contributed by atoms with van der Waals surface area (Å²) in [5, 5.41) is 12.6. The van der Waals surface area contributed by atoms with Gasteiger partial charge in [0.15, 0.2) is 0 Å². The third-order valence-electron chi connectivity index (χ3n) is 1.99. The van der Waals surface area contributed by atoms with E-state index in [0.717, 1.165) is 12.8 Å². The molecule has 12 heavy (non-hydrogen) atoms. The van der Waals surface area contributed by atoms with Crippen molar-refractivity contribution in [2.45, 2.75) is 38.8 Å². The molecule has 0 aliphatic heterocycles. The highest BCUT2D eigenvalue weighted by molar-refractivity contribution is 4.65. The van der Waals surface area contributed by atoms with Gasteiger partial charge in [-0.15, -0.1) is 0 Å². The zero-order valence-corrected chi connectivity index (χ0v) is 8.34. The van der Waals surface area contributed by atoms with Gasteiger partial charge in [-0.05, 0) is 12.8 Å². The van der Waals surface area contributed by atoms with Gasteiger partial charge in [-0.3, -0.25) is 0 Å². The minimum atomic E-state index is -0.379. The number of aliphatic hydroxyl groups is 1. The lowest BCUT2D eigenvalue weighted by Crippen LogP contribution is -2.36. The average Bonchev–Trinajstić information content (AvgIpc) is 2.07. The highest BCUT2D eigenvalue weighted by atomic mass is 16.5. The summed E-state index contributed by atoms with van der Waals surface area (Å²) in [5.74, 6) is 0. The van der Waals surface area contributed by atoms with Crippen molar-refractivity contribution in [3.05, 3.63) is 0 Å². The SMILES string of the molecule is CCC(CC)NCC(O)COC. The Morgan fingerprint density at radius 3 is 2.33 bits per heavy atom. The summed E-state index contributed by atoms with van der Waals surface area (Å²) in [6, 6.07) is 0.525. The number of rotatable bonds is 7. The van der Waals surface area contributed by atoms with Crippen molar-refractivity contribution in [1.82, 2.24) is 5.32 Å². The predicted molar refractivity (Wildman–Crippen MR) is 50.3 cm³/mol. The smallest absolute Gasteiger partial charge is 0.0897 e. The molecule has 2 N–H and O–H groups in total. The van der Waals surface area contributed by atoms with E-state index in [9.17, 15) is 5.11 Å². The third kappa shape index (κ3) is 5.52. The van der Waals surface area contributed by atoms with Crippen LogP contribution in [0.4, 0.5) is 0 Å². The average molecular weight is 175 g/mol. The summed E-state index contributed by atoms with van der Waals surface area (Å²) in [6.45, 7) is 5.32. The van der Waals surface area contributed by atoms with Crippen molar-refractivity contribution in [2.75, 3.05) is 20.3 Å². The number of nitrogens with one attached hydrogen (secondary N) is 1. The maximum Gasteiger partial charge on any atom is 0.0897 e. The maximum atomic E-state index is 9.30. The standard InChI is InChI=1S/C9H21NO2/c1-4-8(5-2)10-6-9(11)7-12-3/h8-11H,4-7H2,1-3H3. The molecule has 0 aliphatic carbocycles. The topological polar surface area (TPSA) is 41.5 Å². The van der Waals surface area contributed by atoms with E-state index in [4.69, 9.17) is 4.74 Å². The molecule has 1 atom stereocenters. The van der Waals surface area contributed by atoms with Gasteiger partial charge >= 0.3 is 0 Å². The third-order valence-corrected chi connectivity index (χ3v) is 1.99. The minimum Gasteiger partial charge on any atom is -0.389 e. The molecule has 1 unspecified atom stereocenters. The van der Waals surface area contributed by atoms with Crippen LogP contribution in [0.1, 0.15) is 26.7 Å². The number of aliphatic hydroxyl groups excluding tert-OH is 1. The van der Waals surface area contributed by atoms with Gasteiger partial charge in [0.1, 0.15) is 0 Å². The molecule has 0 fully saturated rings. The first-order valence-corrected chi connectivity index (χ1v) is 4.64. The monoisotopic (exact) mass is 175 g/mol. The van der Waals surface area contributed by atoms with Gasteiger partial charge in [0.25, 0.3) is 0 Å². The molecule has 0 spiro atoms. The van der Waals surface area contributed by atoms with Crippen LogP contribution >= 0.6 is 0 Å². The van der Waals surface area contributed by atoms with Crippen molar-refractivity contribution in [1.29, 1.82) is 0 Å². The van der Waals surface area contributed by atoms with Crippen LogP contribution in [0.5, 0.6) is 0 Å². The predicted octanol–water partition coefficient (Wildman–Crippen LogP) is 0.772. The molecule has 0 radical (unpaired) electrons. The quantitative estimate of drug-likeness (QED) is 0.600. The van der Waals surface area contributed by atoms with E-state index in [1.165, 1.54) is 0 Å². The lowest BCUT2D eigenvalue weighted by Gasteiger charge is -2.17. The van der Waals surface area contributed by atoms with Gasteiger partial charge in [-0.2, -0.15) is 0 Å². The Balaban J connectivity index is 3.37. The van der Waals surface area contributed by atoms with Crippen molar-refractivity contribution >= 4 is 0 Å². The number of methoxy groups -OCH3 is 1. The Kier molecular flexibility index (Phi) is 7.45. The number of hydrogen-bond acceptors (Lipinski definition) is 3. The van der Waals surface area contributed by atoms with Gasteiger partial charge < -0.3 is 15.2 Å². The van der Waals surface area contributed by atoms with Gasteiger partial charge in [0.2, 0.25) is 0 Å². The summed E-state index contributed by atoms with van der Waals surface area (Å²) < 4.78 is 4.81. The summed E-state index contributed by atoms with van der Waals surface area (Å²) >= 11 is 0. The molecule has 0 aromatic rings. The van der Waals surface area contributed by atoms with E-state index in [1.807, 2.05) is 0 Å². The summed E-state index contributed by atoms with van der Waals surface area (Å²) in [4.78, 5) is 0. The number of hydrogen-bond donors (Lipinski definition) is 2. The van der Waals surface area contributed by atoms with Gasteiger partial charge in [0, 0.05) is 19.7 Å². The molecule has 3 nitrogen and oxygen atoms in total. The second-order valence-electron chi connectivity index (χ2n) is 3.03. The zero-order chi connectivity index (χ0) is 9.40. The van der Waals surface area contributed by atoms with E-state index in [-0.39, 0.29) is 6.10 Å². The molecular weight excluding hydrogens is 154 g/mol. The van der Waals surface area contributed by atoms with E-state index in [0.29, 0.717) is 19.2 Å². The van der Waals surface area contributed by atoms with Crippen molar-refractivity contribution in [3.63, 3.8) is 0 Å². The molecule has 0 aliphatic rings. The molecular formula is C9H21NO2. The Bertz CT molecular complexity index is 94.5. The summed E-state index contributed by atoms with van der Waals surface area (Å²) in [5.41, 5.74) is 0. The van der Waals surface area contributed by atoms with Crippen molar-refractivity contribution < 1.29 is 9.84 Å². The maximum absolute atomic E-state index is 9.30. The Morgan fingerprint density at radius 1 is 1.33 bits per heavy atom. The van der Waals surface area contributed by atoms with Crippen LogP contribution in [-0.4, -0.2) is 37.5 Å². The van der Waals surface area contributed by atoms with Gasteiger partial charge in [-0.25, -0.2) is 0 Å². The normalized spacial score (nSPS) is 13.8. The van der Waals surface area contributed by atoms with Crippen LogP contribution in [0.2, 0.25) is 0 Å². The van der Waals surface area contributed by atoms with Crippen molar-refractivity contribution in [2.24, 2.45) is 0 Å². The Labute approximate surface area is 75.1 Å². The molecule has 0 heterocycles. The minimum absolute atomic E-state index is 0.379. The summed E-state index contributed by atoms with van der Waals surface area (Å²) in [6.07, 6.45) is 1.84. The van der Waals surface area contributed by atoms with Crippen LogP contribution < -0.4 is 5.32 Å². The Hall–Kier alpha value is -0.120. The number of ether oxygens (including phenoxy) is 1.